The Morgan fingerprint density at radius 3 is 2.46 bits per heavy atom. The summed E-state index contributed by atoms with van der Waals surface area (Å²) in [6.07, 6.45) is 3.87. The molecule has 144 valence electrons. The van der Waals surface area contributed by atoms with Gasteiger partial charge in [-0.3, -0.25) is 9.59 Å². The maximum atomic E-state index is 13.1. The van der Waals surface area contributed by atoms with Crippen molar-refractivity contribution in [2.45, 2.75) is 51.2 Å². The highest BCUT2D eigenvalue weighted by Crippen LogP contribution is 2.38. The van der Waals surface area contributed by atoms with Gasteiger partial charge in [-0.15, -0.1) is 0 Å². The Balaban J connectivity index is 2.06. The molecule has 1 aliphatic rings. The molecule has 0 spiro atoms. The van der Waals surface area contributed by atoms with Crippen LogP contribution in [0.1, 0.15) is 38.2 Å². The number of carbonyl (C=O) groups excluding carboxylic acids is 2. The summed E-state index contributed by atoms with van der Waals surface area (Å²) in [5, 5.41) is 5.64. The van der Waals surface area contributed by atoms with Crippen LogP contribution in [0.3, 0.4) is 0 Å². The van der Waals surface area contributed by atoms with Gasteiger partial charge in [0.1, 0.15) is 6.04 Å². The fraction of sp³-hybridized carbons (Fsp3) is 0.600. The Hall–Kier alpha value is -1.53. The summed E-state index contributed by atoms with van der Waals surface area (Å²) < 4.78 is 5.70. The second kappa shape index (κ2) is 9.97. The van der Waals surface area contributed by atoms with Crippen molar-refractivity contribution in [3.63, 3.8) is 0 Å². The highest BCUT2D eigenvalue weighted by Gasteiger charge is 2.42. The smallest absolute Gasteiger partial charge is 0.242 e. The first-order valence-electron chi connectivity index (χ1n) is 9.33. The van der Waals surface area contributed by atoms with Crippen LogP contribution in [0.5, 0.6) is 0 Å². The third-order valence-corrected chi connectivity index (χ3v) is 5.83. The number of carbonyl (C=O) groups is 2. The standard InChI is InChI=1S/C20H30N2O3S/c1-3-25-16-9-11-20(14-26,12-10-16)19(24)22-17(18(23)21-2)13-15-7-5-4-6-8-15/h4-8,16-17,26H,3,9-14H2,1-2H3,(H,21,23)(H,22,24). The van der Waals surface area contributed by atoms with E-state index in [4.69, 9.17) is 4.74 Å². The molecule has 0 aromatic heterocycles. The molecular formula is C20H30N2O3S. The van der Waals surface area contributed by atoms with E-state index in [0.29, 0.717) is 18.8 Å². The molecule has 1 unspecified atom stereocenters. The first-order chi connectivity index (χ1) is 12.5. The molecule has 6 heteroatoms. The number of hydrogen-bond donors (Lipinski definition) is 3. The Kier molecular flexibility index (Phi) is 7.97. The summed E-state index contributed by atoms with van der Waals surface area (Å²) in [6.45, 7) is 2.69. The molecule has 0 radical (unpaired) electrons. The van der Waals surface area contributed by atoms with Crippen molar-refractivity contribution in [3.05, 3.63) is 35.9 Å². The van der Waals surface area contributed by atoms with Crippen LogP contribution in [0.2, 0.25) is 0 Å². The minimum atomic E-state index is -0.587. The molecule has 2 rings (SSSR count). The van der Waals surface area contributed by atoms with Crippen LogP contribution in [0.4, 0.5) is 0 Å². The van der Waals surface area contributed by atoms with Gasteiger partial charge in [0, 0.05) is 25.8 Å². The Labute approximate surface area is 161 Å². The van der Waals surface area contributed by atoms with Gasteiger partial charge in [-0.05, 0) is 38.2 Å². The lowest BCUT2D eigenvalue weighted by molar-refractivity contribution is -0.137. The number of hydrogen-bond acceptors (Lipinski definition) is 4. The molecule has 5 nitrogen and oxygen atoms in total. The van der Waals surface area contributed by atoms with Crippen LogP contribution >= 0.6 is 12.6 Å². The maximum Gasteiger partial charge on any atom is 0.242 e. The maximum absolute atomic E-state index is 13.1. The van der Waals surface area contributed by atoms with Crippen molar-refractivity contribution < 1.29 is 14.3 Å². The average Bonchev–Trinajstić information content (AvgIpc) is 2.68. The number of rotatable bonds is 8. The number of amides is 2. The van der Waals surface area contributed by atoms with Gasteiger partial charge in [-0.2, -0.15) is 12.6 Å². The molecule has 1 aliphatic carbocycles. The van der Waals surface area contributed by atoms with E-state index in [1.807, 2.05) is 37.3 Å². The van der Waals surface area contributed by atoms with Crippen LogP contribution in [0.15, 0.2) is 30.3 Å². The predicted octanol–water partition coefficient (Wildman–Crippen LogP) is 2.36. The molecule has 1 fully saturated rings. The number of thiol groups is 1. The number of ether oxygens (including phenoxy) is 1. The van der Waals surface area contributed by atoms with Crippen LogP contribution in [-0.2, 0) is 20.7 Å². The summed E-state index contributed by atoms with van der Waals surface area (Å²) in [5.41, 5.74) is 0.487. The zero-order valence-electron chi connectivity index (χ0n) is 15.7. The molecule has 0 bridgehead atoms. The molecule has 26 heavy (non-hydrogen) atoms. The summed E-state index contributed by atoms with van der Waals surface area (Å²) in [5.74, 6) is 0.218. The molecule has 1 aromatic carbocycles. The SMILES string of the molecule is CCOC1CCC(CS)(C(=O)NC(Cc2ccccc2)C(=O)NC)CC1. The van der Waals surface area contributed by atoms with E-state index in [1.54, 1.807) is 7.05 Å². The summed E-state index contributed by atoms with van der Waals surface area (Å²) >= 11 is 4.46. The molecule has 1 aromatic rings. The minimum Gasteiger partial charge on any atom is -0.379 e. The van der Waals surface area contributed by atoms with E-state index in [0.717, 1.165) is 31.2 Å². The topological polar surface area (TPSA) is 67.4 Å². The quantitative estimate of drug-likeness (QED) is 0.609. The van der Waals surface area contributed by atoms with Gasteiger partial charge in [0.2, 0.25) is 11.8 Å². The Bertz CT molecular complexity index is 586. The van der Waals surface area contributed by atoms with E-state index in [1.165, 1.54) is 0 Å². The van der Waals surface area contributed by atoms with Crippen molar-refractivity contribution in [2.24, 2.45) is 5.41 Å². The van der Waals surface area contributed by atoms with Crippen molar-refractivity contribution in [3.8, 4) is 0 Å². The number of likely N-dealkylation sites (N-methyl/N-ethyl adjacent to an activating group) is 1. The van der Waals surface area contributed by atoms with E-state index in [9.17, 15) is 9.59 Å². The number of nitrogens with one attached hydrogen (secondary N) is 2. The highest BCUT2D eigenvalue weighted by molar-refractivity contribution is 7.80. The predicted molar refractivity (Wildman–Crippen MR) is 106 cm³/mol. The molecule has 0 aliphatic heterocycles. The Morgan fingerprint density at radius 1 is 1.27 bits per heavy atom. The highest BCUT2D eigenvalue weighted by atomic mass is 32.1. The molecule has 2 N–H and O–H groups in total. The molecule has 1 atom stereocenters. The van der Waals surface area contributed by atoms with Gasteiger partial charge in [-0.1, -0.05) is 30.3 Å². The fourth-order valence-electron chi connectivity index (χ4n) is 3.55. The fourth-order valence-corrected chi connectivity index (χ4v) is 4.01. The van der Waals surface area contributed by atoms with Crippen LogP contribution in [-0.4, -0.2) is 43.4 Å². The van der Waals surface area contributed by atoms with E-state index in [2.05, 4.69) is 23.3 Å². The van der Waals surface area contributed by atoms with Gasteiger partial charge in [0.15, 0.2) is 0 Å². The van der Waals surface area contributed by atoms with Gasteiger partial charge in [-0.25, -0.2) is 0 Å². The lowest BCUT2D eigenvalue weighted by Crippen LogP contribution is -2.53. The lowest BCUT2D eigenvalue weighted by Gasteiger charge is -2.38. The summed E-state index contributed by atoms with van der Waals surface area (Å²) in [6, 6.07) is 9.14. The third-order valence-electron chi connectivity index (χ3n) is 5.23. The van der Waals surface area contributed by atoms with Gasteiger partial charge >= 0.3 is 0 Å². The summed E-state index contributed by atoms with van der Waals surface area (Å²) in [7, 11) is 1.59. The number of benzene rings is 1. The van der Waals surface area contributed by atoms with Crippen LogP contribution in [0, 0.1) is 5.41 Å². The first kappa shape index (κ1) is 20.8. The molecule has 2 amide bonds. The van der Waals surface area contributed by atoms with Crippen LogP contribution in [0.25, 0.3) is 0 Å². The average molecular weight is 379 g/mol. The third kappa shape index (κ3) is 5.24. The van der Waals surface area contributed by atoms with Gasteiger partial charge in [0.25, 0.3) is 0 Å². The minimum absolute atomic E-state index is 0.0769. The second-order valence-electron chi connectivity index (χ2n) is 6.92. The van der Waals surface area contributed by atoms with E-state index in [-0.39, 0.29) is 17.9 Å². The van der Waals surface area contributed by atoms with Crippen molar-refractivity contribution in [1.82, 2.24) is 10.6 Å². The monoisotopic (exact) mass is 378 g/mol. The van der Waals surface area contributed by atoms with Crippen molar-refractivity contribution in [1.29, 1.82) is 0 Å². The molecule has 1 saturated carbocycles. The van der Waals surface area contributed by atoms with Gasteiger partial charge in [0.05, 0.1) is 11.5 Å². The molecule has 0 saturated heterocycles. The Morgan fingerprint density at radius 2 is 1.92 bits per heavy atom. The van der Waals surface area contributed by atoms with Crippen molar-refractivity contribution in [2.75, 3.05) is 19.4 Å². The van der Waals surface area contributed by atoms with E-state index >= 15 is 0 Å². The molecule has 0 heterocycles. The molecular weight excluding hydrogens is 348 g/mol. The lowest BCUT2D eigenvalue weighted by atomic mass is 9.73. The summed E-state index contributed by atoms with van der Waals surface area (Å²) in [4.78, 5) is 25.4. The van der Waals surface area contributed by atoms with Crippen molar-refractivity contribution >= 4 is 24.4 Å². The second-order valence-corrected chi connectivity index (χ2v) is 7.24. The normalized spacial score (nSPS) is 23.9. The van der Waals surface area contributed by atoms with Crippen LogP contribution < -0.4 is 10.6 Å². The first-order valence-corrected chi connectivity index (χ1v) is 9.97. The van der Waals surface area contributed by atoms with Gasteiger partial charge < -0.3 is 15.4 Å². The van der Waals surface area contributed by atoms with E-state index < -0.39 is 11.5 Å². The zero-order valence-corrected chi connectivity index (χ0v) is 16.6. The zero-order chi connectivity index (χ0) is 19.0. The largest absolute Gasteiger partial charge is 0.379 e.